The van der Waals surface area contributed by atoms with Crippen LogP contribution in [0.15, 0.2) is 65.7 Å². The molecule has 0 aliphatic rings. The van der Waals surface area contributed by atoms with Crippen LogP contribution < -0.4 is 10.9 Å². The molecule has 8 heteroatoms. The first-order chi connectivity index (χ1) is 13.9. The maximum absolute atomic E-state index is 13.0. The van der Waals surface area contributed by atoms with Crippen molar-refractivity contribution < 1.29 is 4.79 Å². The van der Waals surface area contributed by atoms with Crippen LogP contribution in [0.1, 0.15) is 13.0 Å². The fraction of sp³-hybridized carbons (Fsp3) is 0.0952. The molecule has 0 spiro atoms. The molecule has 2 heterocycles. The van der Waals surface area contributed by atoms with Crippen molar-refractivity contribution in [1.29, 1.82) is 0 Å². The van der Waals surface area contributed by atoms with Gasteiger partial charge in [0, 0.05) is 9.90 Å². The predicted octanol–water partition coefficient (Wildman–Crippen LogP) is 5.63. The zero-order valence-electron chi connectivity index (χ0n) is 15.2. The van der Waals surface area contributed by atoms with Gasteiger partial charge in [0.1, 0.15) is 10.9 Å². The minimum Gasteiger partial charge on any atom is -0.323 e. The molecule has 5 nitrogen and oxygen atoms in total. The van der Waals surface area contributed by atoms with Gasteiger partial charge >= 0.3 is 0 Å². The van der Waals surface area contributed by atoms with Gasteiger partial charge in [-0.2, -0.15) is 0 Å². The van der Waals surface area contributed by atoms with Gasteiger partial charge in [-0.25, -0.2) is 4.98 Å². The molecule has 0 aliphatic carbocycles. The van der Waals surface area contributed by atoms with Crippen molar-refractivity contribution in [3.8, 4) is 10.4 Å². The highest BCUT2D eigenvalue weighted by Crippen LogP contribution is 2.31. The molecule has 0 saturated carbocycles. The smallest absolute Gasteiger partial charge is 0.262 e. The van der Waals surface area contributed by atoms with Crippen LogP contribution in [0, 0.1) is 0 Å². The minimum absolute atomic E-state index is 0.270. The molecule has 29 heavy (non-hydrogen) atoms. The van der Waals surface area contributed by atoms with Crippen LogP contribution in [0.25, 0.3) is 20.7 Å². The Morgan fingerprint density at radius 1 is 1.14 bits per heavy atom. The normalized spacial score (nSPS) is 12.1. The summed E-state index contributed by atoms with van der Waals surface area (Å²) >= 11 is 13.5. The van der Waals surface area contributed by atoms with Crippen molar-refractivity contribution in [2.24, 2.45) is 0 Å². The maximum Gasteiger partial charge on any atom is 0.262 e. The number of rotatable bonds is 4. The lowest BCUT2D eigenvalue weighted by atomic mass is 10.2. The van der Waals surface area contributed by atoms with E-state index < -0.39 is 11.9 Å². The summed E-state index contributed by atoms with van der Waals surface area (Å²) in [5.41, 5.74) is 1.14. The number of anilines is 1. The molecular weight excluding hydrogens is 429 g/mol. The first-order valence-corrected chi connectivity index (χ1v) is 10.3. The zero-order valence-corrected chi connectivity index (χ0v) is 17.6. The van der Waals surface area contributed by atoms with Gasteiger partial charge in [-0.3, -0.25) is 14.2 Å². The van der Waals surface area contributed by atoms with E-state index in [-0.39, 0.29) is 5.56 Å². The monoisotopic (exact) mass is 443 g/mol. The highest BCUT2D eigenvalue weighted by atomic mass is 35.5. The number of amides is 1. The first kappa shape index (κ1) is 19.6. The molecule has 146 valence electrons. The number of nitrogens with zero attached hydrogens (tertiary/aromatic N) is 2. The van der Waals surface area contributed by atoms with Crippen molar-refractivity contribution in [3.05, 3.63) is 81.3 Å². The lowest BCUT2D eigenvalue weighted by Gasteiger charge is -2.15. The second kappa shape index (κ2) is 7.99. The molecule has 2 aromatic carbocycles. The Morgan fingerprint density at radius 3 is 2.66 bits per heavy atom. The Morgan fingerprint density at radius 2 is 1.90 bits per heavy atom. The molecule has 0 radical (unpaired) electrons. The molecule has 1 amide bonds. The van der Waals surface area contributed by atoms with Crippen LogP contribution in [-0.2, 0) is 4.79 Å². The minimum atomic E-state index is -0.783. The third-order valence-corrected chi connectivity index (χ3v) is 6.17. The molecule has 1 atom stereocenters. The number of benzene rings is 2. The number of thiophene rings is 1. The Balaban J connectivity index is 1.66. The van der Waals surface area contributed by atoms with Gasteiger partial charge in [-0.15, -0.1) is 11.3 Å². The fourth-order valence-corrected chi connectivity index (χ4v) is 4.25. The summed E-state index contributed by atoms with van der Waals surface area (Å²) in [4.78, 5) is 31.7. The average Bonchev–Trinajstić information content (AvgIpc) is 3.16. The average molecular weight is 444 g/mol. The third kappa shape index (κ3) is 3.92. The van der Waals surface area contributed by atoms with E-state index in [4.69, 9.17) is 23.2 Å². The third-order valence-electron chi connectivity index (χ3n) is 4.52. The number of halogens is 2. The van der Waals surface area contributed by atoms with Gasteiger partial charge in [-0.05, 0) is 36.8 Å². The highest BCUT2D eigenvalue weighted by molar-refractivity contribution is 7.21. The van der Waals surface area contributed by atoms with Crippen molar-refractivity contribution in [1.82, 2.24) is 9.55 Å². The van der Waals surface area contributed by atoms with E-state index in [9.17, 15) is 9.59 Å². The van der Waals surface area contributed by atoms with Gasteiger partial charge in [0.05, 0.1) is 22.4 Å². The lowest BCUT2D eigenvalue weighted by Crippen LogP contribution is -2.31. The van der Waals surface area contributed by atoms with E-state index in [1.54, 1.807) is 25.1 Å². The molecule has 2 aromatic heterocycles. The molecule has 0 saturated heterocycles. The summed E-state index contributed by atoms with van der Waals surface area (Å²) in [7, 11) is 0. The summed E-state index contributed by atoms with van der Waals surface area (Å²) in [6.07, 6.45) is 1.40. The van der Waals surface area contributed by atoms with E-state index in [0.29, 0.717) is 25.9 Å². The van der Waals surface area contributed by atoms with Crippen LogP contribution in [0.2, 0.25) is 10.0 Å². The standard InChI is InChI=1S/C21H15Cl2N3O2S/c1-12(19(27)25-17-9-14(22)7-8-16(17)23)26-11-24-20-15(21(26)28)10-18(29-20)13-5-3-2-4-6-13/h2-12H,1H3,(H,25,27)/t12-/m1/s1. The number of carbonyl (C=O) groups is 1. The summed E-state index contributed by atoms with van der Waals surface area (Å²) in [6, 6.07) is 15.6. The topological polar surface area (TPSA) is 64.0 Å². The zero-order chi connectivity index (χ0) is 20.5. The number of hydrogen-bond acceptors (Lipinski definition) is 4. The largest absolute Gasteiger partial charge is 0.323 e. The van der Waals surface area contributed by atoms with Crippen molar-refractivity contribution >= 4 is 56.3 Å². The molecular formula is C21H15Cl2N3O2S. The van der Waals surface area contributed by atoms with Crippen LogP contribution in [0.4, 0.5) is 5.69 Å². The molecule has 4 aromatic rings. The van der Waals surface area contributed by atoms with E-state index in [0.717, 1.165) is 10.4 Å². The van der Waals surface area contributed by atoms with Crippen LogP contribution in [0.5, 0.6) is 0 Å². The molecule has 0 fully saturated rings. The van der Waals surface area contributed by atoms with Crippen LogP contribution in [0.3, 0.4) is 0 Å². The number of hydrogen-bond donors (Lipinski definition) is 1. The van der Waals surface area contributed by atoms with Crippen molar-refractivity contribution in [2.75, 3.05) is 5.32 Å². The van der Waals surface area contributed by atoms with Crippen LogP contribution >= 0.6 is 34.5 Å². The maximum atomic E-state index is 13.0. The molecule has 4 rings (SSSR count). The van der Waals surface area contributed by atoms with E-state index in [2.05, 4.69) is 10.3 Å². The van der Waals surface area contributed by atoms with Crippen molar-refractivity contribution in [3.63, 3.8) is 0 Å². The SMILES string of the molecule is C[C@H](C(=O)Nc1cc(Cl)ccc1Cl)n1cnc2sc(-c3ccccc3)cc2c1=O. The number of fused-ring (bicyclic) bond motifs is 1. The predicted molar refractivity (Wildman–Crippen MR) is 119 cm³/mol. The van der Waals surface area contributed by atoms with Gasteiger partial charge < -0.3 is 5.32 Å². The summed E-state index contributed by atoms with van der Waals surface area (Å²) in [6.45, 7) is 1.63. The van der Waals surface area contributed by atoms with E-state index >= 15 is 0 Å². The number of aromatic nitrogens is 2. The Kier molecular flexibility index (Phi) is 5.41. The Hall–Kier alpha value is -2.67. The fourth-order valence-electron chi connectivity index (χ4n) is 2.91. The second-order valence-corrected chi connectivity index (χ2v) is 8.32. The van der Waals surface area contributed by atoms with E-state index in [1.165, 1.54) is 22.2 Å². The quantitative estimate of drug-likeness (QED) is 0.444. The van der Waals surface area contributed by atoms with Gasteiger partial charge in [0.2, 0.25) is 5.91 Å². The highest BCUT2D eigenvalue weighted by Gasteiger charge is 2.20. The molecule has 0 aliphatic heterocycles. The second-order valence-electron chi connectivity index (χ2n) is 6.44. The van der Waals surface area contributed by atoms with Crippen LogP contribution in [-0.4, -0.2) is 15.5 Å². The van der Waals surface area contributed by atoms with E-state index in [1.807, 2.05) is 36.4 Å². The Labute approximate surface area is 180 Å². The first-order valence-electron chi connectivity index (χ1n) is 8.76. The summed E-state index contributed by atoms with van der Waals surface area (Å²) < 4.78 is 1.32. The Bertz CT molecular complexity index is 1270. The molecule has 1 N–H and O–H groups in total. The van der Waals surface area contributed by atoms with Gasteiger partial charge in [0.25, 0.3) is 5.56 Å². The number of carbonyl (C=O) groups excluding carboxylic acids is 1. The molecule has 0 bridgehead atoms. The summed E-state index contributed by atoms with van der Waals surface area (Å²) in [5.74, 6) is -0.393. The van der Waals surface area contributed by atoms with Gasteiger partial charge in [-0.1, -0.05) is 53.5 Å². The molecule has 0 unspecified atom stereocenters. The lowest BCUT2D eigenvalue weighted by molar-refractivity contribution is -0.118. The van der Waals surface area contributed by atoms with Gasteiger partial charge in [0.15, 0.2) is 0 Å². The number of nitrogens with one attached hydrogen (secondary N) is 1. The van der Waals surface area contributed by atoms with Crippen molar-refractivity contribution in [2.45, 2.75) is 13.0 Å². The summed E-state index contributed by atoms with van der Waals surface area (Å²) in [5, 5.41) is 4.01.